The molecule has 0 fully saturated rings. The molecule has 0 bridgehead atoms. The second-order valence-electron chi connectivity index (χ2n) is 5.71. The molecular weight excluding hydrogens is 298 g/mol. The summed E-state index contributed by atoms with van der Waals surface area (Å²) in [5.74, 6) is -0.184. The van der Waals surface area contributed by atoms with E-state index in [0.29, 0.717) is 16.6 Å². The first-order valence-corrected chi connectivity index (χ1v) is 7.74. The summed E-state index contributed by atoms with van der Waals surface area (Å²) in [6.07, 6.45) is 0. The molecule has 0 unspecified atom stereocenters. The van der Waals surface area contributed by atoms with Crippen molar-refractivity contribution in [2.45, 2.75) is 6.92 Å². The van der Waals surface area contributed by atoms with E-state index in [4.69, 9.17) is 0 Å². The van der Waals surface area contributed by atoms with Crippen molar-refractivity contribution in [2.75, 3.05) is 5.32 Å². The number of anilines is 1. The van der Waals surface area contributed by atoms with E-state index >= 15 is 0 Å². The lowest BCUT2D eigenvalue weighted by molar-refractivity contribution is 0.102. The monoisotopic (exact) mass is 313 g/mol. The van der Waals surface area contributed by atoms with Gasteiger partial charge in [0.25, 0.3) is 5.91 Å². The summed E-state index contributed by atoms with van der Waals surface area (Å²) < 4.78 is 0. The number of aryl methyl sites for hydroxylation is 1. The van der Waals surface area contributed by atoms with Crippen molar-refractivity contribution in [3.8, 4) is 0 Å². The van der Waals surface area contributed by atoms with E-state index in [2.05, 4.69) is 15.3 Å². The van der Waals surface area contributed by atoms with Crippen LogP contribution in [0.1, 0.15) is 15.9 Å². The Labute approximate surface area is 139 Å². The van der Waals surface area contributed by atoms with Crippen molar-refractivity contribution in [1.82, 2.24) is 9.97 Å². The maximum absolute atomic E-state index is 12.7. The topological polar surface area (TPSA) is 54.9 Å². The summed E-state index contributed by atoms with van der Waals surface area (Å²) in [7, 11) is 0. The number of hydrogen-bond acceptors (Lipinski definition) is 3. The summed E-state index contributed by atoms with van der Waals surface area (Å²) in [6, 6.07) is 20.9. The second-order valence-corrected chi connectivity index (χ2v) is 5.71. The Morgan fingerprint density at radius 3 is 2.33 bits per heavy atom. The molecule has 1 amide bonds. The third kappa shape index (κ3) is 2.58. The Balaban J connectivity index is 1.80. The van der Waals surface area contributed by atoms with Gasteiger partial charge in [0, 0.05) is 5.69 Å². The number of fused-ring (bicyclic) bond motifs is 2. The van der Waals surface area contributed by atoms with Gasteiger partial charge >= 0.3 is 0 Å². The highest BCUT2D eigenvalue weighted by Crippen LogP contribution is 2.20. The number of rotatable bonds is 2. The summed E-state index contributed by atoms with van der Waals surface area (Å²) >= 11 is 0. The van der Waals surface area contributed by atoms with Gasteiger partial charge in [-0.25, -0.2) is 9.97 Å². The molecule has 0 aliphatic rings. The van der Waals surface area contributed by atoms with Gasteiger partial charge in [-0.3, -0.25) is 4.79 Å². The highest BCUT2D eigenvalue weighted by molar-refractivity contribution is 6.12. The van der Waals surface area contributed by atoms with E-state index in [1.54, 1.807) is 6.07 Å². The van der Waals surface area contributed by atoms with Gasteiger partial charge in [-0.1, -0.05) is 30.3 Å². The first-order valence-electron chi connectivity index (χ1n) is 7.74. The van der Waals surface area contributed by atoms with Crippen LogP contribution in [0.4, 0.5) is 5.69 Å². The van der Waals surface area contributed by atoms with E-state index < -0.39 is 0 Å². The number of carbonyl (C=O) groups excluding carboxylic acids is 1. The molecule has 0 radical (unpaired) electrons. The number of hydrogen-bond donors (Lipinski definition) is 1. The zero-order valence-corrected chi connectivity index (χ0v) is 13.2. The van der Waals surface area contributed by atoms with Crippen LogP contribution in [0.25, 0.3) is 22.1 Å². The van der Waals surface area contributed by atoms with Crippen LogP contribution in [0.5, 0.6) is 0 Å². The second kappa shape index (κ2) is 5.74. The van der Waals surface area contributed by atoms with Crippen molar-refractivity contribution < 1.29 is 4.79 Å². The number of amides is 1. The van der Waals surface area contributed by atoms with Gasteiger partial charge in [0.05, 0.1) is 22.1 Å². The van der Waals surface area contributed by atoms with Crippen molar-refractivity contribution in [3.63, 3.8) is 0 Å². The lowest BCUT2D eigenvalue weighted by Crippen LogP contribution is -2.13. The zero-order valence-electron chi connectivity index (χ0n) is 13.2. The molecule has 24 heavy (non-hydrogen) atoms. The minimum Gasteiger partial charge on any atom is -0.322 e. The molecular formula is C20H15N3O. The van der Waals surface area contributed by atoms with E-state index in [9.17, 15) is 4.79 Å². The third-order valence-corrected chi connectivity index (χ3v) is 3.89. The molecule has 1 heterocycles. The molecule has 0 saturated carbocycles. The maximum atomic E-state index is 12.7. The molecule has 0 atom stereocenters. The van der Waals surface area contributed by atoms with Crippen LogP contribution >= 0.6 is 0 Å². The fourth-order valence-corrected chi connectivity index (χ4v) is 2.75. The van der Waals surface area contributed by atoms with Crippen molar-refractivity contribution >= 4 is 33.7 Å². The standard InChI is InChI=1S/C20H15N3O/c1-13-6-4-7-14(12-13)21-20(24)15-8-5-11-18-19(15)23-17-10-3-2-9-16(17)22-18/h2-12H,1H3,(H,21,24). The molecule has 4 rings (SSSR count). The average Bonchev–Trinajstić information content (AvgIpc) is 2.59. The normalized spacial score (nSPS) is 10.9. The van der Waals surface area contributed by atoms with Crippen LogP contribution in [-0.2, 0) is 0 Å². The van der Waals surface area contributed by atoms with Crippen LogP contribution < -0.4 is 5.32 Å². The van der Waals surface area contributed by atoms with Crippen molar-refractivity contribution in [2.24, 2.45) is 0 Å². The lowest BCUT2D eigenvalue weighted by atomic mass is 10.1. The van der Waals surface area contributed by atoms with E-state index in [1.165, 1.54) is 0 Å². The quantitative estimate of drug-likeness (QED) is 0.560. The number of benzene rings is 3. The van der Waals surface area contributed by atoms with Crippen molar-refractivity contribution in [1.29, 1.82) is 0 Å². The summed E-state index contributed by atoms with van der Waals surface area (Å²) in [5, 5.41) is 2.93. The average molecular weight is 313 g/mol. The maximum Gasteiger partial charge on any atom is 0.257 e. The molecule has 4 heteroatoms. The SMILES string of the molecule is Cc1cccc(NC(=O)c2cccc3nc4ccccc4nc23)c1. The highest BCUT2D eigenvalue weighted by atomic mass is 16.1. The van der Waals surface area contributed by atoms with Gasteiger partial charge in [0.15, 0.2) is 0 Å². The number of para-hydroxylation sites is 3. The molecule has 0 spiro atoms. The predicted octanol–water partition coefficient (Wildman–Crippen LogP) is 4.34. The molecule has 1 aromatic heterocycles. The molecule has 4 nitrogen and oxygen atoms in total. The third-order valence-electron chi connectivity index (χ3n) is 3.89. The van der Waals surface area contributed by atoms with Gasteiger partial charge in [-0.05, 0) is 48.9 Å². The number of aromatic nitrogens is 2. The smallest absolute Gasteiger partial charge is 0.257 e. The molecule has 0 aliphatic heterocycles. The van der Waals surface area contributed by atoms with Gasteiger partial charge in [-0.2, -0.15) is 0 Å². The van der Waals surface area contributed by atoms with Gasteiger partial charge in [0.2, 0.25) is 0 Å². The first-order chi connectivity index (χ1) is 11.7. The van der Waals surface area contributed by atoms with Crippen molar-refractivity contribution in [3.05, 3.63) is 77.9 Å². The van der Waals surface area contributed by atoms with Crippen LogP contribution in [0.2, 0.25) is 0 Å². The minimum absolute atomic E-state index is 0.184. The van der Waals surface area contributed by atoms with Crippen LogP contribution in [0, 0.1) is 6.92 Å². The predicted molar refractivity (Wildman–Crippen MR) is 96.2 cm³/mol. The Morgan fingerprint density at radius 1 is 0.833 bits per heavy atom. The molecule has 0 aliphatic carbocycles. The number of nitrogens with one attached hydrogen (secondary N) is 1. The Bertz CT molecular complexity index is 1070. The van der Waals surface area contributed by atoms with Gasteiger partial charge in [0.1, 0.15) is 5.52 Å². The van der Waals surface area contributed by atoms with E-state index in [-0.39, 0.29) is 5.91 Å². The fourth-order valence-electron chi connectivity index (χ4n) is 2.75. The fraction of sp³-hybridized carbons (Fsp3) is 0.0500. The first kappa shape index (κ1) is 14.3. The summed E-state index contributed by atoms with van der Waals surface area (Å²) in [6.45, 7) is 1.99. The zero-order chi connectivity index (χ0) is 16.5. The highest BCUT2D eigenvalue weighted by Gasteiger charge is 2.13. The molecule has 3 aromatic carbocycles. The summed E-state index contributed by atoms with van der Waals surface area (Å²) in [5.41, 5.74) is 5.31. The van der Waals surface area contributed by atoms with E-state index in [1.807, 2.05) is 67.6 Å². The Hall–Kier alpha value is -3.27. The van der Waals surface area contributed by atoms with E-state index in [0.717, 1.165) is 22.3 Å². The number of carbonyl (C=O) groups is 1. The molecule has 4 aromatic rings. The Kier molecular flexibility index (Phi) is 3.43. The van der Waals surface area contributed by atoms with Gasteiger partial charge < -0.3 is 5.32 Å². The largest absolute Gasteiger partial charge is 0.322 e. The number of nitrogens with zero attached hydrogens (tertiary/aromatic N) is 2. The van der Waals surface area contributed by atoms with Crippen LogP contribution in [-0.4, -0.2) is 15.9 Å². The van der Waals surface area contributed by atoms with Gasteiger partial charge in [-0.15, -0.1) is 0 Å². The lowest BCUT2D eigenvalue weighted by Gasteiger charge is -2.08. The minimum atomic E-state index is -0.184. The van der Waals surface area contributed by atoms with Crippen LogP contribution in [0.15, 0.2) is 66.7 Å². The molecule has 1 N–H and O–H groups in total. The Morgan fingerprint density at radius 2 is 1.54 bits per heavy atom. The molecule has 116 valence electrons. The van der Waals surface area contributed by atoms with Crippen LogP contribution in [0.3, 0.4) is 0 Å². The molecule has 0 saturated heterocycles. The summed E-state index contributed by atoms with van der Waals surface area (Å²) in [4.78, 5) is 21.9.